The van der Waals surface area contributed by atoms with Crippen molar-refractivity contribution in [2.24, 2.45) is 0 Å². The van der Waals surface area contributed by atoms with Crippen LogP contribution in [0.5, 0.6) is 11.5 Å². The normalized spacial score (nSPS) is 19.1. The van der Waals surface area contributed by atoms with Gasteiger partial charge in [-0.15, -0.1) is 0 Å². The fraction of sp³-hybridized carbons (Fsp3) is 0.312. The second kappa shape index (κ2) is 5.88. The molecule has 126 valence electrons. The predicted molar refractivity (Wildman–Crippen MR) is 77.0 cm³/mol. The highest BCUT2D eigenvalue weighted by atomic mass is 16.7. The van der Waals surface area contributed by atoms with Crippen molar-refractivity contribution in [1.82, 2.24) is 4.90 Å². The molecule has 8 heteroatoms. The summed E-state index contributed by atoms with van der Waals surface area (Å²) in [6.45, 7) is 1.11. The summed E-state index contributed by atoms with van der Waals surface area (Å²) >= 11 is 0. The molecule has 0 aromatic heterocycles. The molecule has 0 saturated carbocycles. The Morgan fingerprint density at radius 2 is 2.04 bits per heavy atom. The third-order valence-electron chi connectivity index (χ3n) is 3.95. The summed E-state index contributed by atoms with van der Waals surface area (Å²) in [6.07, 6.45) is -0.411. The molecule has 3 rings (SSSR count). The Labute approximate surface area is 136 Å². The molecule has 0 bridgehead atoms. The number of rotatable bonds is 5. The molecule has 1 amide bonds. The average Bonchev–Trinajstić information content (AvgIpc) is 3.08. The first-order valence-corrected chi connectivity index (χ1v) is 7.24. The van der Waals surface area contributed by atoms with Crippen molar-refractivity contribution in [2.75, 3.05) is 13.3 Å². The van der Waals surface area contributed by atoms with Gasteiger partial charge in [0.1, 0.15) is 0 Å². The molecule has 1 N–H and O–H groups in total. The lowest BCUT2D eigenvalue weighted by Gasteiger charge is -2.26. The summed E-state index contributed by atoms with van der Waals surface area (Å²) in [5.41, 5.74) is 0.442. The first-order valence-electron chi connectivity index (χ1n) is 7.24. The summed E-state index contributed by atoms with van der Waals surface area (Å²) in [7, 11) is 0. The molecule has 2 heterocycles. The monoisotopic (exact) mass is 332 g/mol. The van der Waals surface area contributed by atoms with Crippen LogP contribution in [0.25, 0.3) is 0 Å². The number of fused-ring (bicyclic) bond motifs is 1. The molecule has 1 aromatic carbocycles. The minimum Gasteiger partial charge on any atom is -0.550 e. The maximum absolute atomic E-state index is 12.2. The number of carbonyl (C=O) groups is 3. The molecule has 0 fully saturated rings. The van der Waals surface area contributed by atoms with Gasteiger partial charge in [-0.25, -0.2) is 0 Å². The van der Waals surface area contributed by atoms with E-state index in [1.807, 2.05) is 0 Å². The number of hydrogen-bond acceptors (Lipinski definition) is 7. The lowest BCUT2D eigenvalue weighted by Crippen LogP contribution is -2.35. The first kappa shape index (κ1) is 15.9. The van der Waals surface area contributed by atoms with Crippen molar-refractivity contribution >= 4 is 17.7 Å². The number of carbonyl (C=O) groups excluding carboxylic acids is 3. The fourth-order valence-corrected chi connectivity index (χ4v) is 2.89. The molecule has 2 aliphatic heterocycles. The summed E-state index contributed by atoms with van der Waals surface area (Å²) in [5.74, 6) is -2.27. The number of aliphatic carboxylic acids is 1. The van der Waals surface area contributed by atoms with Crippen LogP contribution in [-0.4, -0.2) is 41.0 Å². The smallest absolute Gasteiger partial charge is 0.290 e. The van der Waals surface area contributed by atoms with E-state index in [1.54, 1.807) is 18.2 Å². The first-order chi connectivity index (χ1) is 11.4. The van der Waals surface area contributed by atoms with E-state index in [0.717, 1.165) is 4.90 Å². The van der Waals surface area contributed by atoms with Crippen molar-refractivity contribution in [3.63, 3.8) is 0 Å². The Hall–Kier alpha value is -3.03. The van der Waals surface area contributed by atoms with Crippen molar-refractivity contribution in [3.8, 4) is 11.5 Å². The van der Waals surface area contributed by atoms with Crippen LogP contribution in [0.3, 0.4) is 0 Å². The van der Waals surface area contributed by atoms with Crippen molar-refractivity contribution in [1.29, 1.82) is 0 Å². The summed E-state index contributed by atoms with van der Waals surface area (Å²) < 4.78 is 10.5. The van der Waals surface area contributed by atoms with E-state index in [4.69, 9.17) is 9.47 Å². The highest BCUT2D eigenvalue weighted by Crippen LogP contribution is 2.41. The van der Waals surface area contributed by atoms with E-state index in [1.165, 1.54) is 6.92 Å². The summed E-state index contributed by atoms with van der Waals surface area (Å²) in [6, 6.07) is 3.99. The van der Waals surface area contributed by atoms with Crippen LogP contribution >= 0.6 is 0 Å². The minimum absolute atomic E-state index is 0.0669. The molecule has 0 spiro atoms. The van der Waals surface area contributed by atoms with Crippen LogP contribution in [0.4, 0.5) is 0 Å². The Morgan fingerprint density at radius 3 is 2.71 bits per heavy atom. The zero-order valence-corrected chi connectivity index (χ0v) is 12.8. The van der Waals surface area contributed by atoms with E-state index < -0.39 is 35.9 Å². The zero-order valence-electron chi connectivity index (χ0n) is 12.8. The Kier molecular flexibility index (Phi) is 3.88. The molecule has 24 heavy (non-hydrogen) atoms. The number of hydrogen-bond donors (Lipinski definition) is 1. The second-order valence-electron chi connectivity index (χ2n) is 5.45. The van der Waals surface area contributed by atoms with Crippen LogP contribution in [0.2, 0.25) is 0 Å². The SMILES string of the molecule is CC(=O)C1=C(O)C(=O)N(CCC(=O)[O-])[C@@H]1c1ccc2c(c1)OCO2. The molecular formula is C16H14NO7-. The van der Waals surface area contributed by atoms with Gasteiger partial charge in [0.25, 0.3) is 5.91 Å². The number of benzene rings is 1. The second-order valence-corrected chi connectivity index (χ2v) is 5.45. The van der Waals surface area contributed by atoms with Gasteiger partial charge in [-0.3, -0.25) is 9.59 Å². The zero-order chi connectivity index (χ0) is 17.4. The Balaban J connectivity index is 2.03. The summed E-state index contributed by atoms with van der Waals surface area (Å²) in [5, 5.41) is 20.8. The van der Waals surface area contributed by atoms with Gasteiger partial charge in [0.2, 0.25) is 6.79 Å². The van der Waals surface area contributed by atoms with Gasteiger partial charge in [-0.1, -0.05) is 6.07 Å². The quantitative estimate of drug-likeness (QED) is 0.796. The van der Waals surface area contributed by atoms with Gasteiger partial charge in [0.05, 0.1) is 11.6 Å². The van der Waals surface area contributed by atoms with Crippen molar-refractivity contribution < 1.29 is 34.1 Å². The lowest BCUT2D eigenvalue weighted by atomic mass is 9.96. The van der Waals surface area contributed by atoms with E-state index in [9.17, 15) is 24.6 Å². The van der Waals surface area contributed by atoms with E-state index in [-0.39, 0.29) is 18.9 Å². The number of carboxylic acids is 1. The van der Waals surface area contributed by atoms with Crippen LogP contribution in [0, 0.1) is 0 Å². The van der Waals surface area contributed by atoms with Crippen LogP contribution in [0.15, 0.2) is 29.5 Å². The van der Waals surface area contributed by atoms with Crippen molar-refractivity contribution in [2.45, 2.75) is 19.4 Å². The van der Waals surface area contributed by atoms with Crippen LogP contribution in [0.1, 0.15) is 24.9 Å². The number of ketones is 1. The van der Waals surface area contributed by atoms with E-state index in [2.05, 4.69) is 0 Å². The number of ether oxygens (including phenoxy) is 2. The van der Waals surface area contributed by atoms with Crippen LogP contribution < -0.4 is 14.6 Å². The highest BCUT2D eigenvalue weighted by Gasteiger charge is 2.42. The van der Waals surface area contributed by atoms with Gasteiger partial charge in [0.15, 0.2) is 23.0 Å². The topological polar surface area (TPSA) is 116 Å². The number of nitrogens with zero attached hydrogens (tertiary/aromatic N) is 1. The average molecular weight is 332 g/mol. The Bertz CT molecular complexity index is 768. The fourth-order valence-electron chi connectivity index (χ4n) is 2.89. The molecule has 0 aliphatic carbocycles. The molecule has 1 aromatic rings. The number of aliphatic hydroxyl groups excluding tert-OH is 1. The summed E-state index contributed by atoms with van der Waals surface area (Å²) in [4.78, 5) is 36.0. The number of aliphatic hydroxyl groups is 1. The lowest BCUT2D eigenvalue weighted by molar-refractivity contribution is -0.305. The third-order valence-corrected chi connectivity index (χ3v) is 3.95. The number of amides is 1. The molecule has 2 aliphatic rings. The van der Waals surface area contributed by atoms with Gasteiger partial charge in [0, 0.05) is 18.9 Å². The van der Waals surface area contributed by atoms with Gasteiger partial charge >= 0.3 is 0 Å². The standard InChI is InChI=1S/C16H15NO7/c1-8(18)13-14(9-2-3-10-11(6-9)24-7-23-10)17(5-4-12(19)20)16(22)15(13)21/h2-3,6,14,21H,4-5,7H2,1H3,(H,19,20)/p-1/t14-/m1/s1. The van der Waals surface area contributed by atoms with Crippen LogP contribution in [-0.2, 0) is 14.4 Å². The van der Waals surface area contributed by atoms with Gasteiger partial charge < -0.3 is 29.4 Å². The molecule has 1 atom stereocenters. The Morgan fingerprint density at radius 1 is 1.33 bits per heavy atom. The molecule has 0 saturated heterocycles. The largest absolute Gasteiger partial charge is 0.550 e. The van der Waals surface area contributed by atoms with Gasteiger partial charge in [-0.2, -0.15) is 0 Å². The maximum Gasteiger partial charge on any atom is 0.290 e. The maximum atomic E-state index is 12.2. The highest BCUT2D eigenvalue weighted by molar-refractivity contribution is 6.08. The molecule has 0 radical (unpaired) electrons. The number of carboxylic acid groups (broad SMARTS) is 1. The van der Waals surface area contributed by atoms with E-state index >= 15 is 0 Å². The minimum atomic E-state index is -1.33. The van der Waals surface area contributed by atoms with Crippen molar-refractivity contribution in [3.05, 3.63) is 35.1 Å². The predicted octanol–water partition coefficient (Wildman–Crippen LogP) is -0.160. The number of Topliss-reactive ketones (excluding diaryl/α,β-unsaturated/α-hetero) is 1. The molecule has 0 unspecified atom stereocenters. The van der Waals surface area contributed by atoms with E-state index in [0.29, 0.717) is 17.1 Å². The molecular weight excluding hydrogens is 318 g/mol. The van der Waals surface area contributed by atoms with Gasteiger partial charge in [-0.05, 0) is 24.6 Å². The third kappa shape index (κ3) is 2.55. The molecule has 8 nitrogen and oxygen atoms in total.